The highest BCUT2D eigenvalue weighted by atomic mass is 32.2. The number of hydrogen-bond acceptors (Lipinski definition) is 3. The lowest BCUT2D eigenvalue weighted by Gasteiger charge is -2.27. The third kappa shape index (κ3) is 5.42. The Morgan fingerprint density at radius 3 is 1.96 bits per heavy atom. The molecule has 0 fully saturated rings. The molecular formula is C22H30N2O3S. The Morgan fingerprint density at radius 1 is 0.964 bits per heavy atom. The first-order chi connectivity index (χ1) is 12.9. The Bertz CT molecular complexity index is 901. The maximum Gasteiger partial charge on any atom is 0.243 e. The van der Waals surface area contributed by atoms with Gasteiger partial charge in [-0.05, 0) is 29.0 Å². The summed E-state index contributed by atoms with van der Waals surface area (Å²) in [4.78, 5) is 13.0. The maximum atomic E-state index is 13.0. The molecule has 0 bridgehead atoms. The van der Waals surface area contributed by atoms with Gasteiger partial charge in [-0.1, -0.05) is 75.4 Å². The van der Waals surface area contributed by atoms with E-state index in [1.807, 2.05) is 25.1 Å². The largest absolute Gasteiger partial charge is 0.348 e. The molecule has 0 aliphatic rings. The van der Waals surface area contributed by atoms with Crippen LogP contribution in [0.5, 0.6) is 0 Å². The average molecular weight is 403 g/mol. The SMILES string of the molecule is C[C@H](NC(=O)[C@H](c1ccccc1)N(C)S(C)(=O)=O)c1ccc(C(C)(C)C)cc1. The third-order valence-electron chi connectivity index (χ3n) is 4.89. The summed E-state index contributed by atoms with van der Waals surface area (Å²) in [6.45, 7) is 8.35. The zero-order valence-corrected chi connectivity index (χ0v) is 18.2. The van der Waals surface area contributed by atoms with Gasteiger partial charge in [-0.15, -0.1) is 0 Å². The van der Waals surface area contributed by atoms with E-state index in [1.54, 1.807) is 24.3 Å². The lowest BCUT2D eigenvalue weighted by molar-refractivity contribution is -0.125. The van der Waals surface area contributed by atoms with Crippen molar-refractivity contribution in [1.82, 2.24) is 9.62 Å². The van der Waals surface area contributed by atoms with E-state index in [-0.39, 0.29) is 17.4 Å². The molecule has 0 aromatic heterocycles. The van der Waals surface area contributed by atoms with Crippen LogP contribution in [0.15, 0.2) is 54.6 Å². The van der Waals surface area contributed by atoms with E-state index in [0.29, 0.717) is 5.56 Å². The number of amides is 1. The van der Waals surface area contributed by atoms with E-state index >= 15 is 0 Å². The van der Waals surface area contributed by atoms with Crippen LogP contribution < -0.4 is 5.32 Å². The van der Waals surface area contributed by atoms with Gasteiger partial charge in [0.15, 0.2) is 0 Å². The summed E-state index contributed by atoms with van der Waals surface area (Å²) >= 11 is 0. The molecule has 0 unspecified atom stereocenters. The third-order valence-corrected chi connectivity index (χ3v) is 6.14. The van der Waals surface area contributed by atoms with E-state index in [2.05, 4.69) is 38.2 Å². The van der Waals surface area contributed by atoms with Crippen molar-refractivity contribution >= 4 is 15.9 Å². The summed E-state index contributed by atoms with van der Waals surface area (Å²) in [5.74, 6) is -0.355. The van der Waals surface area contributed by atoms with Crippen LogP contribution in [-0.2, 0) is 20.2 Å². The molecule has 6 heteroatoms. The Kier molecular flexibility index (Phi) is 6.67. The van der Waals surface area contributed by atoms with Crippen molar-refractivity contribution in [3.63, 3.8) is 0 Å². The van der Waals surface area contributed by atoms with Crippen LogP contribution >= 0.6 is 0 Å². The minimum Gasteiger partial charge on any atom is -0.348 e. The molecule has 2 aromatic rings. The van der Waals surface area contributed by atoms with Gasteiger partial charge in [0, 0.05) is 7.05 Å². The molecule has 0 saturated heterocycles. The first-order valence-electron chi connectivity index (χ1n) is 9.30. The van der Waals surface area contributed by atoms with E-state index in [0.717, 1.165) is 16.1 Å². The van der Waals surface area contributed by atoms with Crippen LogP contribution in [0, 0.1) is 0 Å². The van der Waals surface area contributed by atoms with Crippen LogP contribution in [0.3, 0.4) is 0 Å². The molecule has 2 aromatic carbocycles. The van der Waals surface area contributed by atoms with Crippen LogP contribution in [0.4, 0.5) is 0 Å². The summed E-state index contributed by atoms with van der Waals surface area (Å²) in [6, 6.07) is 15.9. The number of benzene rings is 2. The number of sulfonamides is 1. The van der Waals surface area contributed by atoms with Gasteiger partial charge in [0.2, 0.25) is 15.9 Å². The normalized spacial score (nSPS) is 14.5. The Hall–Kier alpha value is -2.18. The van der Waals surface area contributed by atoms with Gasteiger partial charge in [-0.2, -0.15) is 4.31 Å². The second kappa shape index (κ2) is 8.45. The van der Waals surface area contributed by atoms with E-state index in [1.165, 1.54) is 12.6 Å². The van der Waals surface area contributed by atoms with Gasteiger partial charge in [0.05, 0.1) is 12.3 Å². The predicted octanol–water partition coefficient (Wildman–Crippen LogP) is 3.79. The molecule has 2 atom stereocenters. The highest BCUT2D eigenvalue weighted by molar-refractivity contribution is 7.88. The molecule has 0 radical (unpaired) electrons. The number of likely N-dealkylation sites (N-methyl/N-ethyl adjacent to an activating group) is 1. The second-order valence-corrected chi connectivity index (χ2v) is 10.2. The fraction of sp³-hybridized carbons (Fsp3) is 0.409. The monoisotopic (exact) mass is 402 g/mol. The summed E-state index contributed by atoms with van der Waals surface area (Å²) in [5, 5.41) is 2.96. The lowest BCUT2D eigenvalue weighted by Crippen LogP contribution is -2.42. The average Bonchev–Trinajstić information content (AvgIpc) is 2.61. The molecule has 0 heterocycles. The molecule has 0 aliphatic carbocycles. The van der Waals surface area contributed by atoms with Crippen molar-refractivity contribution in [2.45, 2.75) is 45.2 Å². The molecular weight excluding hydrogens is 372 g/mol. The van der Waals surface area contributed by atoms with E-state index in [4.69, 9.17) is 0 Å². The fourth-order valence-corrected chi connectivity index (χ4v) is 3.60. The topological polar surface area (TPSA) is 66.5 Å². The van der Waals surface area contributed by atoms with Crippen LogP contribution in [0.2, 0.25) is 0 Å². The Labute approximate surface area is 168 Å². The quantitative estimate of drug-likeness (QED) is 0.799. The van der Waals surface area contributed by atoms with Gasteiger partial charge < -0.3 is 5.32 Å². The number of carbonyl (C=O) groups is 1. The van der Waals surface area contributed by atoms with Crippen molar-refractivity contribution in [3.8, 4) is 0 Å². The maximum absolute atomic E-state index is 13.0. The number of rotatable bonds is 6. The number of nitrogens with one attached hydrogen (secondary N) is 1. The Balaban J connectivity index is 2.25. The van der Waals surface area contributed by atoms with Crippen molar-refractivity contribution in [1.29, 1.82) is 0 Å². The predicted molar refractivity (Wildman–Crippen MR) is 113 cm³/mol. The summed E-state index contributed by atoms with van der Waals surface area (Å²) in [6.07, 6.45) is 1.10. The fourth-order valence-electron chi connectivity index (χ4n) is 3.00. The summed E-state index contributed by atoms with van der Waals surface area (Å²) in [5.41, 5.74) is 2.87. The molecule has 1 amide bonds. The highest BCUT2D eigenvalue weighted by Gasteiger charge is 2.31. The van der Waals surface area contributed by atoms with Crippen molar-refractivity contribution in [2.75, 3.05) is 13.3 Å². The van der Waals surface area contributed by atoms with Gasteiger partial charge in [-0.25, -0.2) is 8.42 Å². The van der Waals surface area contributed by atoms with Crippen LogP contribution in [0.1, 0.15) is 56.5 Å². The van der Waals surface area contributed by atoms with Gasteiger partial charge in [0.1, 0.15) is 6.04 Å². The highest BCUT2D eigenvalue weighted by Crippen LogP contribution is 2.26. The minimum absolute atomic E-state index is 0.0572. The van der Waals surface area contributed by atoms with Crippen molar-refractivity contribution < 1.29 is 13.2 Å². The minimum atomic E-state index is -3.55. The second-order valence-electron chi connectivity index (χ2n) is 8.19. The van der Waals surface area contributed by atoms with Gasteiger partial charge in [-0.3, -0.25) is 4.79 Å². The van der Waals surface area contributed by atoms with E-state index < -0.39 is 16.1 Å². The number of carbonyl (C=O) groups excluding carboxylic acids is 1. The zero-order chi connectivity index (χ0) is 21.1. The van der Waals surface area contributed by atoms with E-state index in [9.17, 15) is 13.2 Å². The zero-order valence-electron chi connectivity index (χ0n) is 17.4. The van der Waals surface area contributed by atoms with Crippen molar-refractivity contribution in [2.24, 2.45) is 0 Å². The summed E-state index contributed by atoms with van der Waals surface area (Å²) < 4.78 is 25.3. The first-order valence-corrected chi connectivity index (χ1v) is 11.1. The molecule has 0 saturated carbocycles. The molecule has 152 valence electrons. The smallest absolute Gasteiger partial charge is 0.243 e. The number of nitrogens with zero attached hydrogens (tertiary/aromatic N) is 1. The Morgan fingerprint density at radius 2 is 1.50 bits per heavy atom. The van der Waals surface area contributed by atoms with Gasteiger partial charge in [0.25, 0.3) is 0 Å². The standard InChI is InChI=1S/C22H30N2O3S/c1-16(17-12-14-19(15-13-17)22(2,3)4)23-21(25)20(24(5)28(6,26)27)18-10-8-7-9-11-18/h7-16,20H,1-6H3,(H,23,25)/t16-,20-/m0/s1. The molecule has 0 aliphatic heterocycles. The van der Waals surface area contributed by atoms with Crippen LogP contribution in [0.25, 0.3) is 0 Å². The molecule has 1 N–H and O–H groups in total. The van der Waals surface area contributed by atoms with Gasteiger partial charge >= 0.3 is 0 Å². The lowest BCUT2D eigenvalue weighted by atomic mass is 9.86. The molecule has 28 heavy (non-hydrogen) atoms. The molecule has 5 nitrogen and oxygen atoms in total. The summed E-state index contributed by atoms with van der Waals surface area (Å²) in [7, 11) is -2.12. The molecule has 2 rings (SSSR count). The number of hydrogen-bond donors (Lipinski definition) is 1. The van der Waals surface area contributed by atoms with Crippen molar-refractivity contribution in [3.05, 3.63) is 71.3 Å². The van der Waals surface area contributed by atoms with Crippen LogP contribution in [-0.4, -0.2) is 31.9 Å². The molecule has 0 spiro atoms. The first kappa shape index (κ1) is 22.1.